The Morgan fingerprint density at radius 3 is 2.60 bits per heavy atom. The van der Waals surface area contributed by atoms with Crippen molar-refractivity contribution in [3.8, 4) is 0 Å². The molecular weight excluding hydrogens is 316 g/mol. The largest absolute Gasteiger partial charge is 0.310 e. The van der Waals surface area contributed by atoms with Crippen LogP contribution in [0.25, 0.3) is 0 Å². The molecule has 0 radical (unpaired) electrons. The third-order valence-corrected chi connectivity index (χ3v) is 5.48. The minimum atomic E-state index is -0.493. The number of hydrogen-bond donors (Lipinski definition) is 1. The van der Waals surface area contributed by atoms with Crippen LogP contribution >= 0.6 is 15.9 Å². The Balaban J connectivity index is 1.99. The summed E-state index contributed by atoms with van der Waals surface area (Å²) in [6, 6.07) is 6.16. The summed E-state index contributed by atoms with van der Waals surface area (Å²) in [7, 11) is 0. The van der Waals surface area contributed by atoms with Gasteiger partial charge in [0.1, 0.15) is 0 Å². The highest BCUT2D eigenvalue weighted by Gasteiger charge is 2.50. The van der Waals surface area contributed by atoms with Crippen molar-refractivity contribution in [2.75, 3.05) is 18.0 Å². The molecule has 0 bridgehead atoms. The van der Waals surface area contributed by atoms with Gasteiger partial charge in [-0.15, -0.1) is 0 Å². The fourth-order valence-corrected chi connectivity index (χ4v) is 3.05. The molecule has 3 rings (SSSR count). The van der Waals surface area contributed by atoms with Gasteiger partial charge in [-0.1, -0.05) is 15.9 Å². The van der Waals surface area contributed by atoms with Gasteiger partial charge >= 0.3 is 0 Å². The van der Waals surface area contributed by atoms with Crippen molar-refractivity contribution in [3.63, 3.8) is 0 Å². The van der Waals surface area contributed by atoms with Gasteiger partial charge in [-0.05, 0) is 57.4 Å². The number of carbonyl (C=O) groups is 1. The summed E-state index contributed by atoms with van der Waals surface area (Å²) >= 11 is 3.53. The molecule has 0 atom stereocenters. The number of rotatable bonds is 1. The number of amides is 1. The molecule has 0 aromatic heterocycles. The van der Waals surface area contributed by atoms with Crippen molar-refractivity contribution >= 4 is 27.5 Å². The predicted octanol–water partition coefficient (Wildman–Crippen LogP) is 3.25. The quantitative estimate of drug-likeness (QED) is 0.853. The highest BCUT2D eigenvalue weighted by atomic mass is 79.9. The molecule has 1 aromatic carbocycles. The fourth-order valence-electron chi connectivity index (χ4n) is 2.80. The number of halogens is 1. The van der Waals surface area contributed by atoms with Crippen molar-refractivity contribution in [2.45, 2.75) is 39.2 Å². The van der Waals surface area contributed by atoms with Gasteiger partial charge in [0.05, 0.1) is 5.54 Å². The lowest BCUT2D eigenvalue weighted by atomic mass is 10.0. The zero-order chi connectivity index (χ0) is 14.5. The summed E-state index contributed by atoms with van der Waals surface area (Å²) in [6.07, 6.45) is 2.44. The molecule has 2 aliphatic rings. The molecular formula is C16H21BrN2O. The highest BCUT2D eigenvalue weighted by Crippen LogP contribution is 2.48. The maximum atomic E-state index is 12.8. The van der Waals surface area contributed by atoms with E-state index in [0.29, 0.717) is 5.41 Å². The minimum Gasteiger partial charge on any atom is -0.310 e. The smallest absolute Gasteiger partial charge is 0.246 e. The molecule has 1 aliphatic carbocycles. The minimum absolute atomic E-state index is 0.169. The monoisotopic (exact) mass is 336 g/mol. The van der Waals surface area contributed by atoms with Crippen LogP contribution < -0.4 is 10.2 Å². The van der Waals surface area contributed by atoms with E-state index in [1.54, 1.807) is 0 Å². The van der Waals surface area contributed by atoms with Crippen LogP contribution in [-0.2, 0) is 4.79 Å². The van der Waals surface area contributed by atoms with Crippen LogP contribution in [0, 0.1) is 12.3 Å². The van der Waals surface area contributed by atoms with Crippen LogP contribution in [0.1, 0.15) is 32.3 Å². The topological polar surface area (TPSA) is 32.3 Å². The number of nitrogens with one attached hydrogen (secondary N) is 1. The van der Waals surface area contributed by atoms with E-state index in [9.17, 15) is 4.79 Å². The molecule has 20 heavy (non-hydrogen) atoms. The Bertz CT molecular complexity index is 564. The fraction of sp³-hybridized carbons (Fsp3) is 0.562. The Hall–Kier alpha value is -0.870. The van der Waals surface area contributed by atoms with Crippen LogP contribution in [0.3, 0.4) is 0 Å². The van der Waals surface area contributed by atoms with Gasteiger partial charge in [0.15, 0.2) is 0 Å². The Morgan fingerprint density at radius 1 is 1.30 bits per heavy atom. The van der Waals surface area contributed by atoms with Crippen molar-refractivity contribution in [3.05, 3.63) is 28.2 Å². The first-order valence-corrected chi connectivity index (χ1v) is 7.96. The molecule has 108 valence electrons. The standard InChI is InChI=1S/C16H21BrN2O/c1-11-8-12(4-5-13(11)17)19-10-16(6-7-16)9-18-15(2,3)14(19)20/h4-5,8,18H,6-7,9-10H2,1-3H3. The third-order valence-electron chi connectivity index (χ3n) is 4.59. The average Bonchev–Trinajstić information content (AvgIpc) is 3.17. The van der Waals surface area contributed by atoms with Gasteiger partial charge in [0.25, 0.3) is 0 Å². The maximum Gasteiger partial charge on any atom is 0.246 e. The molecule has 3 nitrogen and oxygen atoms in total. The number of nitrogens with zero attached hydrogens (tertiary/aromatic N) is 1. The molecule has 1 aromatic rings. The lowest BCUT2D eigenvalue weighted by molar-refractivity contribution is -0.123. The second-order valence-electron chi connectivity index (χ2n) is 6.80. The molecule has 1 saturated carbocycles. The molecule has 1 aliphatic heterocycles. The van der Waals surface area contributed by atoms with Gasteiger partial charge in [-0.2, -0.15) is 0 Å². The number of hydrogen-bond acceptors (Lipinski definition) is 2. The summed E-state index contributed by atoms with van der Waals surface area (Å²) in [5, 5.41) is 3.45. The van der Waals surface area contributed by atoms with Crippen molar-refractivity contribution in [1.82, 2.24) is 5.32 Å². The predicted molar refractivity (Wildman–Crippen MR) is 85.0 cm³/mol. The molecule has 2 fully saturated rings. The summed E-state index contributed by atoms with van der Waals surface area (Å²) in [5.41, 5.74) is 1.98. The van der Waals surface area contributed by atoms with Crippen molar-refractivity contribution in [2.24, 2.45) is 5.41 Å². The van der Waals surface area contributed by atoms with E-state index in [2.05, 4.69) is 34.2 Å². The zero-order valence-corrected chi connectivity index (χ0v) is 13.9. The lowest BCUT2D eigenvalue weighted by Gasteiger charge is -2.29. The molecule has 1 saturated heterocycles. The molecule has 1 N–H and O–H groups in total. The van der Waals surface area contributed by atoms with Gasteiger partial charge in [-0.3, -0.25) is 4.79 Å². The van der Waals surface area contributed by atoms with Gasteiger partial charge < -0.3 is 10.2 Å². The van der Waals surface area contributed by atoms with Crippen LogP contribution in [-0.4, -0.2) is 24.5 Å². The summed E-state index contributed by atoms with van der Waals surface area (Å²) in [4.78, 5) is 14.8. The number of aryl methyl sites for hydroxylation is 1. The Morgan fingerprint density at radius 2 is 2.00 bits per heavy atom. The zero-order valence-electron chi connectivity index (χ0n) is 12.3. The molecule has 4 heteroatoms. The highest BCUT2D eigenvalue weighted by molar-refractivity contribution is 9.10. The van der Waals surface area contributed by atoms with Crippen LogP contribution in [0.5, 0.6) is 0 Å². The number of benzene rings is 1. The normalized spacial score (nSPS) is 23.8. The van der Waals surface area contributed by atoms with Gasteiger partial charge in [-0.25, -0.2) is 0 Å². The van der Waals surface area contributed by atoms with Gasteiger partial charge in [0.2, 0.25) is 5.91 Å². The Labute approximate surface area is 128 Å². The first-order chi connectivity index (χ1) is 9.33. The van der Waals surface area contributed by atoms with E-state index < -0.39 is 5.54 Å². The molecule has 1 heterocycles. The van der Waals surface area contributed by atoms with E-state index in [0.717, 1.165) is 28.8 Å². The third kappa shape index (κ3) is 2.40. The molecule has 1 amide bonds. The summed E-state index contributed by atoms with van der Waals surface area (Å²) < 4.78 is 1.09. The second kappa shape index (κ2) is 4.57. The van der Waals surface area contributed by atoms with Crippen molar-refractivity contribution < 1.29 is 4.79 Å². The number of carbonyl (C=O) groups excluding carboxylic acids is 1. The molecule has 0 unspecified atom stereocenters. The number of anilines is 1. The second-order valence-corrected chi connectivity index (χ2v) is 7.66. The van der Waals surface area contributed by atoms with E-state index in [-0.39, 0.29) is 5.91 Å². The van der Waals surface area contributed by atoms with E-state index in [1.165, 1.54) is 12.8 Å². The molecule has 1 spiro atoms. The van der Waals surface area contributed by atoms with Crippen LogP contribution in [0.2, 0.25) is 0 Å². The van der Waals surface area contributed by atoms with Crippen molar-refractivity contribution in [1.29, 1.82) is 0 Å². The van der Waals surface area contributed by atoms with E-state index in [1.807, 2.05) is 30.9 Å². The average molecular weight is 337 g/mol. The van der Waals surface area contributed by atoms with Crippen LogP contribution in [0.15, 0.2) is 22.7 Å². The Kier molecular flexibility index (Phi) is 3.22. The summed E-state index contributed by atoms with van der Waals surface area (Å²) in [5.74, 6) is 0.169. The van der Waals surface area contributed by atoms with Gasteiger partial charge in [0, 0.05) is 28.7 Å². The summed E-state index contributed by atoms with van der Waals surface area (Å²) in [6.45, 7) is 7.80. The maximum absolute atomic E-state index is 12.8. The first-order valence-electron chi connectivity index (χ1n) is 7.16. The SMILES string of the molecule is Cc1cc(N2CC3(CC3)CNC(C)(C)C2=O)ccc1Br. The lowest BCUT2D eigenvalue weighted by Crippen LogP contribution is -2.51. The van der Waals surface area contributed by atoms with E-state index >= 15 is 0 Å². The first kappa shape index (κ1) is 14.1. The van der Waals surface area contributed by atoms with Crippen LogP contribution in [0.4, 0.5) is 5.69 Å². The van der Waals surface area contributed by atoms with E-state index in [4.69, 9.17) is 0 Å².